The number of para-hydroxylation sites is 2. The van der Waals surface area contributed by atoms with Gasteiger partial charge in [0.25, 0.3) is 5.22 Å². The van der Waals surface area contributed by atoms with Gasteiger partial charge in [-0.3, -0.25) is 0 Å². The van der Waals surface area contributed by atoms with E-state index in [2.05, 4.69) is 4.98 Å². The predicted octanol–water partition coefficient (Wildman–Crippen LogP) is 4.63. The van der Waals surface area contributed by atoms with E-state index in [0.29, 0.717) is 5.22 Å². The Balaban J connectivity index is 1.92. The second-order valence-corrected chi connectivity index (χ2v) is 4.96. The van der Waals surface area contributed by atoms with Crippen LogP contribution in [0.5, 0.6) is 0 Å². The maximum Gasteiger partial charge on any atom is 0.261 e. The first-order chi connectivity index (χ1) is 8.31. The maximum absolute atomic E-state index is 5.83. The van der Waals surface area contributed by atoms with Crippen molar-refractivity contribution in [1.29, 1.82) is 0 Å². The van der Waals surface area contributed by atoms with Crippen LogP contribution in [0, 0.1) is 0 Å². The molecule has 2 aromatic carbocycles. The number of oxazole rings is 1. The number of aromatic nitrogens is 1. The Morgan fingerprint density at radius 1 is 1.00 bits per heavy atom. The Bertz CT molecular complexity index is 615. The second-order valence-electron chi connectivity index (χ2n) is 3.50. The normalized spacial score (nSPS) is 10.9. The summed E-state index contributed by atoms with van der Waals surface area (Å²) in [4.78, 5) is 5.45. The third kappa shape index (κ3) is 2.30. The van der Waals surface area contributed by atoms with Gasteiger partial charge < -0.3 is 4.42 Å². The van der Waals surface area contributed by atoms with E-state index in [9.17, 15) is 0 Å². The van der Waals surface area contributed by atoms with Crippen molar-refractivity contribution in [2.75, 3.05) is 0 Å². The zero-order chi connectivity index (χ0) is 11.7. The fourth-order valence-electron chi connectivity index (χ4n) is 1.50. The summed E-state index contributed by atoms with van der Waals surface area (Å²) in [7, 11) is 0. The molecule has 0 amide bonds. The molecule has 0 saturated heterocycles. The Morgan fingerprint density at radius 2 is 1.76 bits per heavy atom. The molecule has 0 aliphatic rings. The average Bonchev–Trinajstić information content (AvgIpc) is 2.74. The quantitative estimate of drug-likeness (QED) is 0.673. The molecule has 3 rings (SSSR count). The van der Waals surface area contributed by atoms with Crippen molar-refractivity contribution in [3.8, 4) is 0 Å². The standard InChI is InChI=1S/C13H8ClNOS/c14-9-5-7-10(8-6-9)17-13-15-11-3-1-2-4-12(11)16-13/h1-8H. The smallest absolute Gasteiger partial charge is 0.261 e. The van der Waals surface area contributed by atoms with Crippen LogP contribution in [0.3, 0.4) is 0 Å². The van der Waals surface area contributed by atoms with Gasteiger partial charge in [-0.2, -0.15) is 0 Å². The topological polar surface area (TPSA) is 26.0 Å². The minimum Gasteiger partial charge on any atom is -0.431 e. The van der Waals surface area contributed by atoms with Crippen molar-refractivity contribution in [3.05, 3.63) is 53.6 Å². The van der Waals surface area contributed by atoms with Gasteiger partial charge in [-0.1, -0.05) is 23.7 Å². The molecular formula is C13H8ClNOS. The average molecular weight is 262 g/mol. The lowest BCUT2D eigenvalue weighted by atomic mass is 10.3. The Kier molecular flexibility index (Phi) is 2.79. The van der Waals surface area contributed by atoms with Gasteiger partial charge >= 0.3 is 0 Å². The Hall–Kier alpha value is -1.45. The van der Waals surface area contributed by atoms with Crippen LogP contribution in [0.1, 0.15) is 0 Å². The van der Waals surface area contributed by atoms with Gasteiger partial charge in [-0.05, 0) is 48.2 Å². The number of hydrogen-bond acceptors (Lipinski definition) is 3. The summed E-state index contributed by atoms with van der Waals surface area (Å²) in [5, 5.41) is 1.38. The zero-order valence-corrected chi connectivity index (χ0v) is 10.3. The van der Waals surface area contributed by atoms with Crippen LogP contribution in [0.25, 0.3) is 11.1 Å². The highest BCUT2D eigenvalue weighted by atomic mass is 35.5. The molecule has 0 fully saturated rings. The van der Waals surface area contributed by atoms with E-state index < -0.39 is 0 Å². The zero-order valence-electron chi connectivity index (χ0n) is 8.76. The van der Waals surface area contributed by atoms with E-state index in [-0.39, 0.29) is 0 Å². The van der Waals surface area contributed by atoms with Crippen LogP contribution in [-0.2, 0) is 0 Å². The van der Waals surface area contributed by atoms with Gasteiger partial charge in [0.05, 0.1) is 0 Å². The minimum absolute atomic E-state index is 0.647. The monoisotopic (exact) mass is 261 g/mol. The van der Waals surface area contributed by atoms with Crippen LogP contribution in [-0.4, -0.2) is 4.98 Å². The second kappa shape index (κ2) is 4.43. The van der Waals surface area contributed by atoms with E-state index in [1.165, 1.54) is 11.8 Å². The van der Waals surface area contributed by atoms with E-state index in [4.69, 9.17) is 16.0 Å². The first-order valence-electron chi connectivity index (χ1n) is 5.10. The van der Waals surface area contributed by atoms with E-state index in [1.807, 2.05) is 48.5 Å². The van der Waals surface area contributed by atoms with Gasteiger partial charge in [0.2, 0.25) is 0 Å². The summed E-state index contributed by atoms with van der Waals surface area (Å²) in [5.74, 6) is 0. The summed E-state index contributed by atoms with van der Waals surface area (Å²) < 4.78 is 5.62. The highest BCUT2D eigenvalue weighted by Gasteiger charge is 2.06. The molecule has 0 atom stereocenters. The van der Waals surface area contributed by atoms with Gasteiger partial charge in [0, 0.05) is 9.92 Å². The summed E-state index contributed by atoms with van der Waals surface area (Å²) in [6, 6.07) is 15.3. The molecule has 1 heterocycles. The van der Waals surface area contributed by atoms with Crippen LogP contribution < -0.4 is 0 Å². The van der Waals surface area contributed by atoms with E-state index in [1.54, 1.807) is 0 Å². The molecule has 2 nitrogen and oxygen atoms in total. The lowest BCUT2D eigenvalue weighted by molar-refractivity contribution is 0.489. The van der Waals surface area contributed by atoms with Gasteiger partial charge in [0.1, 0.15) is 5.52 Å². The maximum atomic E-state index is 5.83. The molecule has 0 spiro atoms. The van der Waals surface area contributed by atoms with Crippen LogP contribution in [0.2, 0.25) is 5.02 Å². The number of benzene rings is 2. The molecule has 4 heteroatoms. The Morgan fingerprint density at radius 3 is 2.53 bits per heavy atom. The summed E-state index contributed by atoms with van der Waals surface area (Å²) in [6.07, 6.45) is 0. The molecular weight excluding hydrogens is 254 g/mol. The molecule has 0 bridgehead atoms. The number of hydrogen-bond donors (Lipinski definition) is 0. The summed E-state index contributed by atoms with van der Waals surface area (Å²) in [6.45, 7) is 0. The fourth-order valence-corrected chi connectivity index (χ4v) is 2.37. The van der Waals surface area contributed by atoms with E-state index in [0.717, 1.165) is 21.0 Å². The number of nitrogens with zero attached hydrogens (tertiary/aromatic N) is 1. The molecule has 0 saturated carbocycles. The van der Waals surface area contributed by atoms with Crippen molar-refractivity contribution in [2.45, 2.75) is 10.1 Å². The molecule has 84 valence electrons. The summed E-state index contributed by atoms with van der Waals surface area (Å²) in [5.41, 5.74) is 1.69. The number of halogens is 1. The molecule has 3 aromatic rings. The molecule has 0 unspecified atom stereocenters. The SMILES string of the molecule is Clc1ccc(Sc2nc3ccccc3o2)cc1. The van der Waals surface area contributed by atoms with Crippen LogP contribution in [0.15, 0.2) is 63.1 Å². The lowest BCUT2D eigenvalue weighted by Crippen LogP contribution is -1.72. The van der Waals surface area contributed by atoms with Gasteiger partial charge in [-0.25, -0.2) is 4.98 Å². The molecule has 0 N–H and O–H groups in total. The van der Waals surface area contributed by atoms with Crippen LogP contribution in [0.4, 0.5) is 0 Å². The number of fused-ring (bicyclic) bond motifs is 1. The highest BCUT2D eigenvalue weighted by molar-refractivity contribution is 7.99. The van der Waals surface area contributed by atoms with Gasteiger partial charge in [-0.15, -0.1) is 0 Å². The van der Waals surface area contributed by atoms with Gasteiger partial charge in [0.15, 0.2) is 5.58 Å². The third-order valence-corrected chi connectivity index (χ3v) is 3.40. The van der Waals surface area contributed by atoms with E-state index >= 15 is 0 Å². The summed E-state index contributed by atoms with van der Waals surface area (Å²) >= 11 is 7.32. The van der Waals surface area contributed by atoms with Crippen molar-refractivity contribution in [3.63, 3.8) is 0 Å². The molecule has 1 aromatic heterocycles. The van der Waals surface area contributed by atoms with Crippen molar-refractivity contribution in [2.24, 2.45) is 0 Å². The molecule has 17 heavy (non-hydrogen) atoms. The highest BCUT2D eigenvalue weighted by Crippen LogP contribution is 2.30. The first-order valence-corrected chi connectivity index (χ1v) is 6.30. The van der Waals surface area contributed by atoms with Crippen molar-refractivity contribution in [1.82, 2.24) is 4.98 Å². The molecule has 0 aliphatic carbocycles. The van der Waals surface area contributed by atoms with Crippen molar-refractivity contribution >= 4 is 34.5 Å². The Labute approximate surface area is 108 Å². The minimum atomic E-state index is 0.647. The fraction of sp³-hybridized carbons (Fsp3) is 0. The molecule has 0 aliphatic heterocycles. The third-order valence-electron chi connectivity index (χ3n) is 2.29. The molecule has 0 radical (unpaired) electrons. The van der Waals surface area contributed by atoms with Crippen molar-refractivity contribution < 1.29 is 4.42 Å². The largest absolute Gasteiger partial charge is 0.431 e. The van der Waals surface area contributed by atoms with Crippen LogP contribution >= 0.6 is 23.4 Å². The number of rotatable bonds is 2. The predicted molar refractivity (Wildman–Crippen MR) is 69.6 cm³/mol. The lowest BCUT2D eigenvalue weighted by Gasteiger charge is -1.95. The first kappa shape index (κ1) is 10.7.